The van der Waals surface area contributed by atoms with Gasteiger partial charge in [0.15, 0.2) is 0 Å². The third kappa shape index (κ3) is 3.07. The Hall–Kier alpha value is -2.30. The number of likely N-dealkylation sites (N-methyl/N-ethyl adjacent to an activating group) is 1. The van der Waals surface area contributed by atoms with Crippen LogP contribution in [0.4, 0.5) is 5.69 Å². The lowest BCUT2D eigenvalue weighted by atomic mass is 9.88. The Kier molecular flexibility index (Phi) is 3.90. The number of aryl methyl sites for hydroxylation is 1. The number of carbonyl (C=O) groups excluding carboxylic acids is 1. The number of nitrogens with zero attached hydrogens (tertiary/aromatic N) is 2. The number of hydrogen-bond acceptors (Lipinski definition) is 3. The van der Waals surface area contributed by atoms with Crippen molar-refractivity contribution in [2.45, 2.75) is 31.8 Å². The van der Waals surface area contributed by atoms with Crippen LogP contribution in [-0.2, 0) is 17.8 Å². The molecule has 0 saturated carbocycles. The van der Waals surface area contributed by atoms with Gasteiger partial charge < -0.3 is 10.6 Å². The summed E-state index contributed by atoms with van der Waals surface area (Å²) in [6.45, 7) is 0.249. The molecule has 0 bridgehead atoms. The summed E-state index contributed by atoms with van der Waals surface area (Å²) in [5, 5.41) is 10.3. The molecule has 2 aromatic rings. The average molecular weight is 284 g/mol. The summed E-state index contributed by atoms with van der Waals surface area (Å²) in [4.78, 5) is 11.4. The topological polar surface area (TPSA) is 59.0 Å². The van der Waals surface area contributed by atoms with Crippen molar-refractivity contribution in [1.29, 1.82) is 0 Å². The predicted octanol–water partition coefficient (Wildman–Crippen LogP) is 2.12. The van der Waals surface area contributed by atoms with Gasteiger partial charge in [0.05, 0.1) is 17.9 Å². The molecule has 1 heterocycles. The number of rotatable bonds is 4. The Labute approximate surface area is 124 Å². The van der Waals surface area contributed by atoms with Gasteiger partial charge in [-0.3, -0.25) is 9.48 Å². The van der Waals surface area contributed by atoms with Crippen LogP contribution in [0, 0.1) is 0 Å². The fourth-order valence-electron chi connectivity index (χ4n) is 2.86. The predicted molar refractivity (Wildman–Crippen MR) is 82.0 cm³/mol. The van der Waals surface area contributed by atoms with E-state index < -0.39 is 0 Å². The molecule has 2 N–H and O–H groups in total. The zero-order valence-corrected chi connectivity index (χ0v) is 12.2. The fourth-order valence-corrected chi connectivity index (χ4v) is 2.86. The number of carbonyl (C=O) groups is 1. The molecule has 1 amide bonds. The summed E-state index contributed by atoms with van der Waals surface area (Å²) in [6, 6.07) is 8.92. The highest BCUT2D eigenvalue weighted by atomic mass is 16.1. The molecule has 110 valence electrons. The molecule has 1 aliphatic carbocycles. The van der Waals surface area contributed by atoms with Gasteiger partial charge in [-0.2, -0.15) is 5.10 Å². The minimum absolute atomic E-state index is 0.0485. The van der Waals surface area contributed by atoms with E-state index in [2.05, 4.69) is 40.0 Å². The standard InChI is InChI=1S/C16H20N4O/c1-17-16(21)11-20-10-13(9-18-20)19-15-8-4-6-12-5-2-3-7-14(12)15/h2-3,5,7,9-10,15,19H,4,6,8,11H2,1H3,(H,17,21). The first kappa shape index (κ1) is 13.7. The number of fused-ring (bicyclic) bond motifs is 1. The molecule has 5 nitrogen and oxygen atoms in total. The Morgan fingerprint density at radius 1 is 1.43 bits per heavy atom. The molecule has 1 aromatic heterocycles. The maximum atomic E-state index is 11.4. The number of aromatic nitrogens is 2. The van der Waals surface area contributed by atoms with Gasteiger partial charge in [0.2, 0.25) is 5.91 Å². The molecule has 1 aliphatic rings. The summed E-state index contributed by atoms with van der Waals surface area (Å²) < 4.78 is 1.65. The molecule has 1 atom stereocenters. The third-order valence-corrected chi connectivity index (χ3v) is 3.93. The van der Waals surface area contributed by atoms with Gasteiger partial charge in [0.1, 0.15) is 6.54 Å². The summed E-state index contributed by atoms with van der Waals surface area (Å²) >= 11 is 0. The molecule has 0 saturated heterocycles. The second kappa shape index (κ2) is 5.99. The zero-order chi connectivity index (χ0) is 14.7. The molecule has 3 rings (SSSR count). The molecule has 0 fully saturated rings. The molecular formula is C16H20N4O. The van der Waals surface area contributed by atoms with Crippen molar-refractivity contribution in [2.75, 3.05) is 12.4 Å². The maximum absolute atomic E-state index is 11.4. The van der Waals surface area contributed by atoms with Crippen molar-refractivity contribution in [3.63, 3.8) is 0 Å². The van der Waals surface area contributed by atoms with Crippen LogP contribution < -0.4 is 10.6 Å². The number of anilines is 1. The van der Waals surface area contributed by atoms with Crippen LogP contribution in [0.25, 0.3) is 0 Å². The van der Waals surface area contributed by atoms with E-state index in [0.717, 1.165) is 18.5 Å². The molecule has 0 radical (unpaired) electrons. The Morgan fingerprint density at radius 2 is 2.29 bits per heavy atom. The number of benzene rings is 1. The molecular weight excluding hydrogens is 264 g/mol. The van der Waals surface area contributed by atoms with Crippen LogP contribution in [0.3, 0.4) is 0 Å². The number of amides is 1. The van der Waals surface area contributed by atoms with Crippen molar-refractivity contribution in [1.82, 2.24) is 15.1 Å². The normalized spacial score (nSPS) is 17.1. The highest BCUT2D eigenvalue weighted by Gasteiger charge is 2.19. The molecule has 5 heteroatoms. The van der Waals surface area contributed by atoms with Crippen LogP contribution in [0.1, 0.15) is 30.0 Å². The monoisotopic (exact) mass is 284 g/mol. The quantitative estimate of drug-likeness (QED) is 0.904. The lowest BCUT2D eigenvalue weighted by molar-refractivity contribution is -0.121. The summed E-state index contributed by atoms with van der Waals surface area (Å²) in [6.07, 6.45) is 7.13. The van der Waals surface area contributed by atoms with E-state index in [1.54, 1.807) is 17.9 Å². The van der Waals surface area contributed by atoms with E-state index in [0.29, 0.717) is 6.04 Å². The second-order valence-corrected chi connectivity index (χ2v) is 5.39. The van der Waals surface area contributed by atoms with Gasteiger partial charge in [-0.1, -0.05) is 24.3 Å². The van der Waals surface area contributed by atoms with Gasteiger partial charge in [0, 0.05) is 13.2 Å². The van der Waals surface area contributed by atoms with Crippen molar-refractivity contribution in [3.8, 4) is 0 Å². The lowest BCUT2D eigenvalue weighted by Crippen LogP contribution is -2.23. The van der Waals surface area contributed by atoms with Crippen LogP contribution in [0.15, 0.2) is 36.7 Å². The molecule has 0 aliphatic heterocycles. The van der Waals surface area contributed by atoms with Crippen LogP contribution >= 0.6 is 0 Å². The number of nitrogens with one attached hydrogen (secondary N) is 2. The second-order valence-electron chi connectivity index (χ2n) is 5.39. The van der Waals surface area contributed by atoms with E-state index >= 15 is 0 Å². The van der Waals surface area contributed by atoms with Gasteiger partial charge >= 0.3 is 0 Å². The molecule has 1 aromatic carbocycles. The first-order chi connectivity index (χ1) is 10.3. The largest absolute Gasteiger partial charge is 0.376 e. The average Bonchev–Trinajstić information content (AvgIpc) is 2.94. The minimum Gasteiger partial charge on any atom is -0.376 e. The van der Waals surface area contributed by atoms with Gasteiger partial charge in [0.25, 0.3) is 0 Å². The molecule has 21 heavy (non-hydrogen) atoms. The first-order valence-electron chi connectivity index (χ1n) is 7.33. The highest BCUT2D eigenvalue weighted by Crippen LogP contribution is 2.32. The van der Waals surface area contributed by atoms with Crippen molar-refractivity contribution >= 4 is 11.6 Å². The smallest absolute Gasteiger partial charge is 0.241 e. The molecule has 1 unspecified atom stereocenters. The van der Waals surface area contributed by atoms with Crippen molar-refractivity contribution in [2.24, 2.45) is 0 Å². The highest BCUT2D eigenvalue weighted by molar-refractivity contribution is 5.75. The van der Waals surface area contributed by atoms with Crippen LogP contribution in [-0.4, -0.2) is 22.7 Å². The van der Waals surface area contributed by atoms with Gasteiger partial charge in [-0.15, -0.1) is 0 Å². The van der Waals surface area contributed by atoms with Crippen molar-refractivity contribution in [3.05, 3.63) is 47.8 Å². The fraction of sp³-hybridized carbons (Fsp3) is 0.375. The zero-order valence-electron chi connectivity index (χ0n) is 12.2. The molecule has 0 spiro atoms. The van der Waals surface area contributed by atoms with Crippen LogP contribution in [0.5, 0.6) is 0 Å². The third-order valence-electron chi connectivity index (χ3n) is 3.93. The van der Waals surface area contributed by atoms with E-state index in [4.69, 9.17) is 0 Å². The van der Waals surface area contributed by atoms with E-state index in [1.807, 2.05) is 6.20 Å². The van der Waals surface area contributed by atoms with E-state index in [-0.39, 0.29) is 12.5 Å². The Morgan fingerprint density at radius 3 is 3.14 bits per heavy atom. The van der Waals surface area contributed by atoms with Gasteiger partial charge in [-0.05, 0) is 30.4 Å². The van der Waals surface area contributed by atoms with Crippen molar-refractivity contribution < 1.29 is 4.79 Å². The van der Waals surface area contributed by atoms with Crippen LogP contribution in [0.2, 0.25) is 0 Å². The number of hydrogen-bond donors (Lipinski definition) is 2. The van der Waals surface area contributed by atoms with Gasteiger partial charge in [-0.25, -0.2) is 0 Å². The maximum Gasteiger partial charge on any atom is 0.241 e. The Balaban J connectivity index is 1.72. The summed E-state index contributed by atoms with van der Waals surface area (Å²) in [5.41, 5.74) is 3.77. The Bertz CT molecular complexity index is 635. The SMILES string of the molecule is CNC(=O)Cn1cc(NC2CCCc3ccccc32)cn1. The van der Waals surface area contributed by atoms with E-state index in [1.165, 1.54) is 17.5 Å². The first-order valence-corrected chi connectivity index (χ1v) is 7.33. The lowest BCUT2D eigenvalue weighted by Gasteiger charge is -2.26. The van der Waals surface area contributed by atoms with E-state index in [9.17, 15) is 4.79 Å². The summed E-state index contributed by atoms with van der Waals surface area (Å²) in [5.74, 6) is -0.0485. The summed E-state index contributed by atoms with van der Waals surface area (Å²) in [7, 11) is 1.63. The minimum atomic E-state index is -0.0485.